The van der Waals surface area contributed by atoms with Crippen LogP contribution in [-0.4, -0.2) is 31.6 Å². The minimum Gasteiger partial charge on any atom is -0.312 e. The minimum atomic E-state index is 0.405. The van der Waals surface area contributed by atoms with Crippen LogP contribution in [0.15, 0.2) is 24.3 Å². The van der Waals surface area contributed by atoms with E-state index in [9.17, 15) is 0 Å². The van der Waals surface area contributed by atoms with Gasteiger partial charge in [-0.25, -0.2) is 0 Å². The second-order valence-corrected chi connectivity index (χ2v) is 6.38. The largest absolute Gasteiger partial charge is 0.312 e. The maximum absolute atomic E-state index is 3.45. The fourth-order valence-electron chi connectivity index (χ4n) is 2.50. The molecule has 0 saturated carbocycles. The normalized spacial score (nSPS) is 14.8. The van der Waals surface area contributed by atoms with Crippen LogP contribution in [0, 0.1) is 5.92 Å². The van der Waals surface area contributed by atoms with Crippen LogP contribution >= 0.6 is 0 Å². The van der Waals surface area contributed by atoms with Crippen LogP contribution in [0.5, 0.6) is 0 Å². The number of hydrogen-bond donors (Lipinski definition) is 1. The molecule has 0 aliphatic heterocycles. The van der Waals surface area contributed by atoms with Crippen molar-refractivity contribution in [2.45, 2.75) is 52.6 Å². The minimum absolute atomic E-state index is 0.405. The van der Waals surface area contributed by atoms with Gasteiger partial charge in [0.2, 0.25) is 0 Å². The third-order valence-electron chi connectivity index (χ3n) is 4.19. The van der Waals surface area contributed by atoms with Gasteiger partial charge in [0.1, 0.15) is 0 Å². The van der Waals surface area contributed by atoms with Crippen LogP contribution < -0.4 is 5.32 Å². The SMILES string of the molecule is CCC(C)N(C)CC(NC)c1ccc(CC(C)C)cc1. The van der Waals surface area contributed by atoms with Crippen molar-refractivity contribution in [1.82, 2.24) is 10.2 Å². The van der Waals surface area contributed by atoms with Crippen LogP contribution in [0.4, 0.5) is 0 Å². The van der Waals surface area contributed by atoms with Gasteiger partial charge in [-0.05, 0) is 50.9 Å². The molecule has 0 fully saturated rings. The lowest BCUT2D eigenvalue weighted by molar-refractivity contribution is 0.228. The van der Waals surface area contributed by atoms with Crippen LogP contribution in [0.25, 0.3) is 0 Å². The molecule has 1 aromatic carbocycles. The van der Waals surface area contributed by atoms with Crippen molar-refractivity contribution in [3.8, 4) is 0 Å². The summed E-state index contributed by atoms with van der Waals surface area (Å²) in [7, 11) is 4.27. The van der Waals surface area contributed by atoms with E-state index >= 15 is 0 Å². The molecule has 2 atom stereocenters. The Bertz CT molecular complexity index is 370. The van der Waals surface area contributed by atoms with Gasteiger partial charge in [-0.2, -0.15) is 0 Å². The van der Waals surface area contributed by atoms with Gasteiger partial charge in [0.25, 0.3) is 0 Å². The monoisotopic (exact) mass is 276 g/mol. The average Bonchev–Trinajstić information content (AvgIpc) is 2.44. The van der Waals surface area contributed by atoms with E-state index < -0.39 is 0 Å². The van der Waals surface area contributed by atoms with E-state index in [2.05, 4.69) is 76.3 Å². The van der Waals surface area contributed by atoms with Gasteiger partial charge < -0.3 is 10.2 Å². The van der Waals surface area contributed by atoms with Crippen molar-refractivity contribution in [1.29, 1.82) is 0 Å². The van der Waals surface area contributed by atoms with Crippen LogP contribution in [-0.2, 0) is 6.42 Å². The Morgan fingerprint density at radius 3 is 2.15 bits per heavy atom. The molecule has 0 aliphatic carbocycles. The van der Waals surface area contributed by atoms with Crippen molar-refractivity contribution in [3.05, 3.63) is 35.4 Å². The average molecular weight is 276 g/mol. The zero-order chi connectivity index (χ0) is 15.1. The first-order valence-electron chi connectivity index (χ1n) is 7.94. The predicted octanol–water partition coefficient (Wildman–Crippen LogP) is 3.88. The van der Waals surface area contributed by atoms with E-state index in [0.29, 0.717) is 12.1 Å². The van der Waals surface area contributed by atoms with Crippen molar-refractivity contribution >= 4 is 0 Å². The number of nitrogens with one attached hydrogen (secondary N) is 1. The zero-order valence-corrected chi connectivity index (χ0v) is 14.1. The molecule has 1 aromatic rings. The Labute approximate surface area is 125 Å². The maximum atomic E-state index is 3.45. The summed E-state index contributed by atoms with van der Waals surface area (Å²) in [6, 6.07) is 10.2. The molecule has 0 aliphatic rings. The van der Waals surface area contributed by atoms with E-state index in [1.165, 1.54) is 17.5 Å². The second-order valence-electron chi connectivity index (χ2n) is 6.38. The van der Waals surface area contributed by atoms with Crippen LogP contribution in [0.1, 0.15) is 51.3 Å². The van der Waals surface area contributed by atoms with Gasteiger partial charge >= 0.3 is 0 Å². The van der Waals surface area contributed by atoms with Crippen molar-refractivity contribution in [2.75, 3.05) is 20.6 Å². The van der Waals surface area contributed by atoms with E-state index in [1.54, 1.807) is 0 Å². The lowest BCUT2D eigenvalue weighted by Crippen LogP contribution is -2.36. The standard InChI is InChI=1S/C18H32N2/c1-7-15(4)20(6)13-18(19-5)17-10-8-16(9-11-17)12-14(2)3/h8-11,14-15,18-19H,7,12-13H2,1-6H3. The van der Waals surface area contributed by atoms with Crippen molar-refractivity contribution in [2.24, 2.45) is 5.92 Å². The van der Waals surface area contributed by atoms with Gasteiger partial charge in [0, 0.05) is 18.6 Å². The Hall–Kier alpha value is -0.860. The fourth-order valence-corrected chi connectivity index (χ4v) is 2.50. The predicted molar refractivity (Wildman–Crippen MR) is 89.2 cm³/mol. The molecule has 0 amide bonds. The lowest BCUT2D eigenvalue weighted by Gasteiger charge is -2.28. The van der Waals surface area contributed by atoms with Gasteiger partial charge in [-0.3, -0.25) is 0 Å². The zero-order valence-electron chi connectivity index (χ0n) is 14.1. The summed E-state index contributed by atoms with van der Waals surface area (Å²) in [5.74, 6) is 0.720. The summed E-state index contributed by atoms with van der Waals surface area (Å²) in [4.78, 5) is 2.43. The highest BCUT2D eigenvalue weighted by atomic mass is 15.1. The molecular formula is C18H32N2. The number of benzene rings is 1. The molecule has 2 heteroatoms. The topological polar surface area (TPSA) is 15.3 Å². The molecule has 0 bridgehead atoms. The summed E-state index contributed by atoms with van der Waals surface area (Å²) >= 11 is 0. The third-order valence-corrected chi connectivity index (χ3v) is 4.19. The smallest absolute Gasteiger partial charge is 0.0446 e. The van der Waals surface area contributed by atoms with Gasteiger partial charge in [0.05, 0.1) is 0 Å². The molecule has 0 radical (unpaired) electrons. The van der Waals surface area contributed by atoms with Crippen LogP contribution in [0.3, 0.4) is 0 Å². The number of hydrogen-bond acceptors (Lipinski definition) is 2. The number of rotatable bonds is 8. The molecule has 0 aromatic heterocycles. The van der Waals surface area contributed by atoms with Crippen molar-refractivity contribution in [3.63, 3.8) is 0 Å². The highest BCUT2D eigenvalue weighted by Crippen LogP contribution is 2.17. The molecule has 1 N–H and O–H groups in total. The van der Waals surface area contributed by atoms with E-state index in [0.717, 1.165) is 18.9 Å². The highest BCUT2D eigenvalue weighted by Gasteiger charge is 2.15. The first-order valence-corrected chi connectivity index (χ1v) is 7.94. The molecule has 0 saturated heterocycles. The Morgan fingerprint density at radius 1 is 1.10 bits per heavy atom. The van der Waals surface area contributed by atoms with Crippen molar-refractivity contribution < 1.29 is 0 Å². The molecular weight excluding hydrogens is 244 g/mol. The maximum Gasteiger partial charge on any atom is 0.0446 e. The first-order chi connectivity index (χ1) is 9.47. The quantitative estimate of drug-likeness (QED) is 0.775. The molecule has 0 spiro atoms. The molecule has 0 heterocycles. The summed E-state index contributed by atoms with van der Waals surface area (Å²) in [5.41, 5.74) is 2.82. The molecule has 2 nitrogen and oxygen atoms in total. The Kier molecular flexibility index (Phi) is 7.25. The second kappa shape index (κ2) is 8.43. The molecule has 114 valence electrons. The van der Waals surface area contributed by atoms with E-state index in [-0.39, 0.29) is 0 Å². The fraction of sp³-hybridized carbons (Fsp3) is 0.667. The van der Waals surface area contributed by atoms with Gasteiger partial charge in [0.15, 0.2) is 0 Å². The summed E-state index contributed by atoms with van der Waals surface area (Å²) in [5, 5.41) is 3.45. The first kappa shape index (κ1) is 17.2. The van der Waals surface area contributed by atoms with Gasteiger partial charge in [-0.15, -0.1) is 0 Å². The molecule has 20 heavy (non-hydrogen) atoms. The summed E-state index contributed by atoms with van der Waals surface area (Å²) < 4.78 is 0. The third kappa shape index (κ3) is 5.26. The van der Waals surface area contributed by atoms with Crippen LogP contribution in [0.2, 0.25) is 0 Å². The summed E-state index contributed by atoms with van der Waals surface area (Å²) in [6.45, 7) is 10.1. The molecule has 2 unspecified atom stereocenters. The molecule has 1 rings (SSSR count). The van der Waals surface area contributed by atoms with Gasteiger partial charge in [-0.1, -0.05) is 45.0 Å². The van der Waals surface area contributed by atoms with E-state index in [1.807, 2.05) is 0 Å². The van der Waals surface area contributed by atoms with E-state index in [4.69, 9.17) is 0 Å². The Balaban J connectivity index is 2.70. The lowest BCUT2D eigenvalue weighted by atomic mass is 9.99. The summed E-state index contributed by atoms with van der Waals surface area (Å²) in [6.07, 6.45) is 2.36. The Morgan fingerprint density at radius 2 is 1.70 bits per heavy atom. The highest BCUT2D eigenvalue weighted by molar-refractivity contribution is 5.25. The number of nitrogens with zero attached hydrogens (tertiary/aromatic N) is 1. The number of likely N-dealkylation sites (N-methyl/N-ethyl adjacent to an activating group) is 2.